The number of piperazine rings is 1. The van der Waals surface area contributed by atoms with Crippen LogP contribution in [0.2, 0.25) is 10.0 Å². The number of amides is 2. The number of thiazole rings is 1. The summed E-state index contributed by atoms with van der Waals surface area (Å²) in [6, 6.07) is 4.94. The van der Waals surface area contributed by atoms with Crippen molar-refractivity contribution in [3.8, 4) is 0 Å². The van der Waals surface area contributed by atoms with Gasteiger partial charge in [-0.15, -0.1) is 11.3 Å². The van der Waals surface area contributed by atoms with Crippen LogP contribution in [0.25, 0.3) is 0 Å². The number of ether oxygens (including phenoxy) is 3. The Bertz CT molecular complexity index is 1560. The molecule has 1 N–H and O–H groups in total. The van der Waals surface area contributed by atoms with E-state index in [-0.39, 0.29) is 39.4 Å². The molecule has 1 aromatic heterocycles. The molecule has 1 atom stereocenters. The molecule has 4 heterocycles. The highest BCUT2D eigenvalue weighted by Gasteiger charge is 2.42. The van der Waals surface area contributed by atoms with Crippen LogP contribution in [-0.4, -0.2) is 117 Å². The number of carbonyl (C=O) groups excluding carboxylic acids is 4. The van der Waals surface area contributed by atoms with E-state index < -0.39 is 17.9 Å². The topological polar surface area (TPSA) is 131 Å². The van der Waals surface area contributed by atoms with Gasteiger partial charge in [0.1, 0.15) is 0 Å². The fourth-order valence-electron chi connectivity index (χ4n) is 6.44. The highest BCUT2D eigenvalue weighted by molar-refractivity contribution is 7.09. The number of nitrogens with zero attached hydrogens (tertiary/aromatic N) is 4. The molecule has 2 aromatic rings. The van der Waals surface area contributed by atoms with Crippen LogP contribution in [0.5, 0.6) is 0 Å². The molecule has 1 aromatic carbocycles. The summed E-state index contributed by atoms with van der Waals surface area (Å²) in [6.07, 6.45) is 3.63. The number of hydrogen-bond donors (Lipinski definition) is 1. The van der Waals surface area contributed by atoms with Gasteiger partial charge in [0.25, 0.3) is 0 Å². The number of aromatic nitrogens is 1. The van der Waals surface area contributed by atoms with Crippen LogP contribution in [0.4, 0.5) is 0 Å². The van der Waals surface area contributed by atoms with Crippen LogP contribution in [0.15, 0.2) is 52.3 Å². The molecular weight excluding hydrogens is 693 g/mol. The second kappa shape index (κ2) is 17.4. The lowest BCUT2D eigenvalue weighted by molar-refractivity contribution is -0.137. The minimum Gasteiger partial charge on any atom is -0.466 e. The summed E-state index contributed by atoms with van der Waals surface area (Å²) < 4.78 is 15.8. The molecule has 49 heavy (non-hydrogen) atoms. The molecule has 3 aliphatic heterocycles. The largest absolute Gasteiger partial charge is 0.466 e. The van der Waals surface area contributed by atoms with E-state index >= 15 is 0 Å². The number of morpholine rings is 1. The fraction of sp³-hybridized carbons (Fsp3) is 0.500. The van der Waals surface area contributed by atoms with Gasteiger partial charge in [0.05, 0.1) is 55.9 Å². The van der Waals surface area contributed by atoms with E-state index in [4.69, 9.17) is 37.4 Å². The number of aryl methyl sites for hydroxylation is 1. The highest BCUT2D eigenvalue weighted by atomic mass is 35.5. The van der Waals surface area contributed by atoms with E-state index in [0.717, 1.165) is 18.0 Å². The second-order valence-electron chi connectivity index (χ2n) is 11.9. The number of halogens is 2. The van der Waals surface area contributed by atoms with Gasteiger partial charge in [-0.05, 0) is 31.5 Å². The van der Waals surface area contributed by atoms with Crippen molar-refractivity contribution in [1.82, 2.24) is 25.0 Å². The third-order valence-electron chi connectivity index (χ3n) is 8.98. The molecule has 1 unspecified atom stereocenters. The number of carbonyl (C=O) groups is 4. The minimum absolute atomic E-state index is 0.0628. The van der Waals surface area contributed by atoms with E-state index in [1.54, 1.807) is 29.3 Å². The van der Waals surface area contributed by atoms with Crippen molar-refractivity contribution in [3.63, 3.8) is 0 Å². The van der Waals surface area contributed by atoms with E-state index in [0.29, 0.717) is 88.7 Å². The number of rotatable bonds is 12. The standard InChI is InChI=1S/C34H41Cl2N5O7S/c1-46-33(44)30-24(8-9-26-37-10-20-49-26)38-25(31(34(45)47-2)32(30)29-22(35)5-3-6-23(29)36)21-28(43)40-14-12-39(13-15-40)11-4-7-27(42)41-16-18-48-19-17-41/h3,5-6,10,20,32,38H,4,7-9,11-19,21H2,1-2H3. The zero-order valence-electron chi connectivity index (χ0n) is 27.7. The SMILES string of the molecule is COC(=O)C1=C(CCc2nccs2)NC(CC(=O)N2CCN(CCCC(=O)N3CCOCC3)CC2)=C(C(=O)OC)C1c1c(Cl)cccc1Cl. The van der Waals surface area contributed by atoms with E-state index in [1.807, 2.05) is 10.3 Å². The van der Waals surface area contributed by atoms with Gasteiger partial charge in [-0.3, -0.25) is 14.5 Å². The smallest absolute Gasteiger partial charge is 0.336 e. The predicted octanol–water partition coefficient (Wildman–Crippen LogP) is 3.80. The number of benzene rings is 1. The van der Waals surface area contributed by atoms with Crippen LogP contribution in [0.3, 0.4) is 0 Å². The molecule has 15 heteroatoms. The average Bonchev–Trinajstić information content (AvgIpc) is 3.64. The molecule has 0 aliphatic carbocycles. The first kappa shape index (κ1) is 36.8. The van der Waals surface area contributed by atoms with Crippen molar-refractivity contribution in [3.05, 3.63) is 72.9 Å². The molecule has 2 saturated heterocycles. The zero-order valence-corrected chi connectivity index (χ0v) is 30.0. The quantitative estimate of drug-likeness (QED) is 0.322. The molecule has 3 aliphatic rings. The molecule has 0 spiro atoms. The van der Waals surface area contributed by atoms with Gasteiger partial charge in [-0.2, -0.15) is 0 Å². The van der Waals surface area contributed by atoms with Crippen LogP contribution in [0, 0.1) is 0 Å². The van der Waals surface area contributed by atoms with Crippen LogP contribution < -0.4 is 5.32 Å². The van der Waals surface area contributed by atoms with Gasteiger partial charge in [-0.25, -0.2) is 14.6 Å². The van der Waals surface area contributed by atoms with E-state index in [2.05, 4.69) is 15.2 Å². The molecule has 264 valence electrons. The third kappa shape index (κ3) is 9.01. The van der Waals surface area contributed by atoms with E-state index in [1.165, 1.54) is 25.6 Å². The van der Waals surface area contributed by atoms with Crippen LogP contribution in [0.1, 0.15) is 42.2 Å². The summed E-state index contributed by atoms with van der Waals surface area (Å²) in [5, 5.41) is 6.49. The summed E-state index contributed by atoms with van der Waals surface area (Å²) >= 11 is 14.9. The van der Waals surface area contributed by atoms with Crippen molar-refractivity contribution < 1.29 is 33.4 Å². The lowest BCUT2D eigenvalue weighted by Crippen LogP contribution is -2.49. The maximum Gasteiger partial charge on any atom is 0.336 e. The lowest BCUT2D eigenvalue weighted by atomic mass is 9.78. The third-order valence-corrected chi connectivity index (χ3v) is 10.5. The molecule has 0 bridgehead atoms. The normalized spacial score (nSPS) is 18.7. The maximum absolute atomic E-state index is 13.9. The van der Waals surface area contributed by atoms with Gasteiger partial charge in [-0.1, -0.05) is 29.3 Å². The number of allylic oxidation sites excluding steroid dienone is 1. The first-order chi connectivity index (χ1) is 23.7. The lowest BCUT2D eigenvalue weighted by Gasteiger charge is -2.36. The number of esters is 2. The Hall–Kier alpha value is -3.49. The Morgan fingerprint density at radius 1 is 0.898 bits per heavy atom. The second-order valence-corrected chi connectivity index (χ2v) is 13.7. The van der Waals surface area contributed by atoms with Gasteiger partial charge in [0, 0.05) is 90.7 Å². The van der Waals surface area contributed by atoms with Gasteiger partial charge < -0.3 is 29.3 Å². The van der Waals surface area contributed by atoms with Crippen LogP contribution >= 0.6 is 34.5 Å². The van der Waals surface area contributed by atoms with Gasteiger partial charge in [0.15, 0.2) is 0 Å². The first-order valence-electron chi connectivity index (χ1n) is 16.3. The molecule has 2 fully saturated rings. The Morgan fingerprint density at radius 3 is 2.14 bits per heavy atom. The van der Waals surface area contributed by atoms with Crippen molar-refractivity contribution >= 4 is 58.3 Å². The summed E-state index contributed by atoms with van der Waals surface area (Å²) in [5.74, 6) is -2.49. The molecule has 0 radical (unpaired) electrons. The van der Waals surface area contributed by atoms with Crippen molar-refractivity contribution in [2.75, 3.05) is 73.2 Å². The Morgan fingerprint density at radius 2 is 1.53 bits per heavy atom. The zero-order chi connectivity index (χ0) is 34.9. The summed E-state index contributed by atoms with van der Waals surface area (Å²) in [6.45, 7) is 5.54. The fourth-order valence-corrected chi connectivity index (χ4v) is 7.68. The molecule has 2 amide bonds. The van der Waals surface area contributed by atoms with Gasteiger partial charge >= 0.3 is 11.9 Å². The summed E-state index contributed by atoms with van der Waals surface area (Å²) in [4.78, 5) is 63.7. The average molecular weight is 735 g/mol. The minimum atomic E-state index is -1.06. The molecule has 5 rings (SSSR count). The number of nitrogens with one attached hydrogen (secondary N) is 1. The van der Waals surface area contributed by atoms with Crippen molar-refractivity contribution in [2.45, 2.75) is 38.0 Å². The van der Waals surface area contributed by atoms with Crippen molar-refractivity contribution in [2.24, 2.45) is 0 Å². The first-order valence-corrected chi connectivity index (χ1v) is 17.9. The Labute approximate surface area is 299 Å². The monoisotopic (exact) mass is 733 g/mol. The molecule has 0 saturated carbocycles. The number of dihydropyridines is 1. The maximum atomic E-state index is 13.9. The molecular formula is C34H41Cl2N5O7S. The Kier molecular flexibility index (Phi) is 13.1. The number of methoxy groups -OCH3 is 2. The summed E-state index contributed by atoms with van der Waals surface area (Å²) in [5.41, 5.74) is 1.35. The highest BCUT2D eigenvalue weighted by Crippen LogP contribution is 2.46. The Balaban J connectivity index is 1.35. The molecule has 12 nitrogen and oxygen atoms in total. The van der Waals surface area contributed by atoms with Crippen molar-refractivity contribution in [1.29, 1.82) is 0 Å². The van der Waals surface area contributed by atoms with E-state index in [9.17, 15) is 19.2 Å². The number of hydrogen-bond acceptors (Lipinski definition) is 11. The summed E-state index contributed by atoms with van der Waals surface area (Å²) in [7, 11) is 2.51. The van der Waals surface area contributed by atoms with Gasteiger partial charge in [0.2, 0.25) is 11.8 Å². The predicted molar refractivity (Wildman–Crippen MR) is 185 cm³/mol. The van der Waals surface area contributed by atoms with Crippen LogP contribution in [-0.2, 0) is 39.8 Å².